The normalized spacial score (nSPS) is 18.6. The van der Waals surface area contributed by atoms with Crippen LogP contribution in [0.3, 0.4) is 0 Å². The highest BCUT2D eigenvalue weighted by atomic mass is 32.2. The molecule has 1 aliphatic carbocycles. The zero-order valence-corrected chi connectivity index (χ0v) is 18.7. The van der Waals surface area contributed by atoms with Gasteiger partial charge in [-0.05, 0) is 53.8 Å². The Morgan fingerprint density at radius 3 is 2.59 bits per heavy atom. The summed E-state index contributed by atoms with van der Waals surface area (Å²) in [5, 5.41) is 1.35. The van der Waals surface area contributed by atoms with Crippen LogP contribution >= 0.6 is 0 Å². The molecule has 7 heteroatoms. The van der Waals surface area contributed by atoms with E-state index in [-0.39, 0.29) is 4.90 Å². The van der Waals surface area contributed by atoms with Crippen molar-refractivity contribution in [3.05, 3.63) is 71.3 Å². The predicted octanol–water partition coefficient (Wildman–Crippen LogP) is 4.23. The van der Waals surface area contributed by atoms with Crippen LogP contribution < -0.4 is 9.46 Å². The van der Waals surface area contributed by atoms with Crippen molar-refractivity contribution in [3.63, 3.8) is 0 Å². The minimum Gasteiger partial charge on any atom is -0.496 e. The molecular weight excluding hydrogens is 426 g/mol. The summed E-state index contributed by atoms with van der Waals surface area (Å²) in [5.41, 5.74) is 2.93. The number of ether oxygens (including phenoxy) is 2. The standard InChI is InChI=1S/C25H25NO5S/c1-30-21-13-12-18(16-7-4-8-16)20-14-15-31-24(23(20)21)25(27)26-32(28,29)22-11-5-9-17-6-2-3-10-19(17)22/h2-3,5-6,9-13,16,24H,4,7-8,14-15H2,1H3,(H,26,27). The number of sulfonamides is 1. The number of hydrogen-bond donors (Lipinski definition) is 1. The zero-order chi connectivity index (χ0) is 22.3. The van der Waals surface area contributed by atoms with Crippen LogP contribution in [0.4, 0.5) is 0 Å². The van der Waals surface area contributed by atoms with Gasteiger partial charge in [-0.2, -0.15) is 0 Å². The summed E-state index contributed by atoms with van der Waals surface area (Å²) in [5.74, 6) is 0.323. The van der Waals surface area contributed by atoms with E-state index in [0.29, 0.717) is 35.6 Å². The van der Waals surface area contributed by atoms with Crippen LogP contribution in [0, 0.1) is 0 Å². The molecule has 3 aromatic carbocycles. The quantitative estimate of drug-likeness (QED) is 0.628. The fraction of sp³-hybridized carbons (Fsp3) is 0.320. The molecule has 3 aromatic rings. The molecule has 1 saturated carbocycles. The predicted molar refractivity (Wildman–Crippen MR) is 121 cm³/mol. The summed E-state index contributed by atoms with van der Waals surface area (Å²) in [6, 6.07) is 16.1. The number of carbonyl (C=O) groups is 1. The van der Waals surface area contributed by atoms with E-state index in [1.54, 1.807) is 25.3 Å². The second kappa shape index (κ2) is 8.22. The Hall–Kier alpha value is -2.90. The van der Waals surface area contributed by atoms with Gasteiger partial charge in [0.1, 0.15) is 5.75 Å². The molecule has 2 aliphatic rings. The minimum absolute atomic E-state index is 0.0650. The summed E-state index contributed by atoms with van der Waals surface area (Å²) in [4.78, 5) is 13.3. The monoisotopic (exact) mass is 451 g/mol. The van der Waals surface area contributed by atoms with Gasteiger partial charge in [-0.3, -0.25) is 4.79 Å². The Morgan fingerprint density at radius 1 is 1.06 bits per heavy atom. The number of carbonyl (C=O) groups excluding carboxylic acids is 1. The van der Waals surface area contributed by atoms with Crippen molar-refractivity contribution in [1.82, 2.24) is 4.72 Å². The Kier molecular flexibility index (Phi) is 5.39. The maximum absolute atomic E-state index is 13.2. The number of methoxy groups -OCH3 is 1. The van der Waals surface area contributed by atoms with Crippen LogP contribution in [0.1, 0.15) is 48.0 Å². The van der Waals surface area contributed by atoms with Gasteiger partial charge in [-0.1, -0.05) is 48.9 Å². The Morgan fingerprint density at radius 2 is 1.84 bits per heavy atom. The van der Waals surface area contributed by atoms with Crippen molar-refractivity contribution in [2.24, 2.45) is 0 Å². The number of benzene rings is 3. The topological polar surface area (TPSA) is 81.7 Å². The van der Waals surface area contributed by atoms with Crippen LogP contribution in [0.25, 0.3) is 10.8 Å². The summed E-state index contributed by atoms with van der Waals surface area (Å²) in [6.07, 6.45) is 3.10. The van der Waals surface area contributed by atoms with Gasteiger partial charge in [-0.25, -0.2) is 13.1 Å². The van der Waals surface area contributed by atoms with Crippen molar-refractivity contribution in [2.45, 2.75) is 42.6 Å². The Labute approximate surface area is 187 Å². The average molecular weight is 452 g/mol. The van der Waals surface area contributed by atoms with E-state index in [9.17, 15) is 13.2 Å². The molecule has 0 bridgehead atoms. The van der Waals surface area contributed by atoms with Gasteiger partial charge in [0.2, 0.25) is 0 Å². The van der Waals surface area contributed by atoms with E-state index in [1.807, 2.05) is 24.3 Å². The van der Waals surface area contributed by atoms with E-state index in [1.165, 1.54) is 18.1 Å². The Bertz CT molecular complexity index is 1290. The number of fused-ring (bicyclic) bond motifs is 2. The molecular formula is C25H25NO5S. The number of nitrogens with one attached hydrogen (secondary N) is 1. The molecule has 1 fully saturated rings. The summed E-state index contributed by atoms with van der Waals surface area (Å²) >= 11 is 0. The van der Waals surface area contributed by atoms with Crippen LogP contribution in [-0.2, 0) is 26.0 Å². The van der Waals surface area contributed by atoms with Crippen LogP contribution in [0.2, 0.25) is 0 Å². The van der Waals surface area contributed by atoms with Crippen molar-refractivity contribution in [3.8, 4) is 5.75 Å². The molecule has 0 radical (unpaired) electrons. The van der Waals surface area contributed by atoms with Gasteiger partial charge in [0.15, 0.2) is 6.10 Å². The lowest BCUT2D eigenvalue weighted by atomic mass is 9.76. The number of amides is 1. The molecule has 166 valence electrons. The lowest BCUT2D eigenvalue weighted by Gasteiger charge is -2.33. The van der Waals surface area contributed by atoms with Gasteiger partial charge >= 0.3 is 0 Å². The average Bonchev–Trinajstić information content (AvgIpc) is 2.77. The van der Waals surface area contributed by atoms with Gasteiger partial charge in [-0.15, -0.1) is 0 Å². The number of rotatable bonds is 5. The first-order valence-corrected chi connectivity index (χ1v) is 12.3. The summed E-state index contributed by atoms with van der Waals surface area (Å²) in [6.45, 7) is 0.353. The second-order valence-corrected chi connectivity index (χ2v) is 9.98. The van der Waals surface area contributed by atoms with Gasteiger partial charge in [0.05, 0.1) is 18.6 Å². The first-order valence-electron chi connectivity index (χ1n) is 10.9. The van der Waals surface area contributed by atoms with E-state index >= 15 is 0 Å². The molecule has 0 aromatic heterocycles. The third-order valence-electron chi connectivity index (χ3n) is 6.53. The van der Waals surface area contributed by atoms with Crippen molar-refractivity contribution in [2.75, 3.05) is 13.7 Å². The van der Waals surface area contributed by atoms with E-state index in [4.69, 9.17) is 9.47 Å². The molecule has 1 amide bonds. The molecule has 5 rings (SSSR count). The zero-order valence-electron chi connectivity index (χ0n) is 17.8. The SMILES string of the molecule is COc1ccc(C2CCC2)c2c1C(C(=O)NS(=O)(=O)c1cccc3ccccc13)OCC2. The molecule has 1 atom stereocenters. The fourth-order valence-electron chi connectivity index (χ4n) is 4.75. The summed E-state index contributed by atoms with van der Waals surface area (Å²) in [7, 11) is -2.55. The highest BCUT2D eigenvalue weighted by molar-refractivity contribution is 7.90. The van der Waals surface area contributed by atoms with Gasteiger partial charge < -0.3 is 9.47 Å². The number of hydrogen-bond acceptors (Lipinski definition) is 5. The third-order valence-corrected chi connectivity index (χ3v) is 7.93. The minimum atomic E-state index is -4.10. The van der Waals surface area contributed by atoms with Crippen LogP contribution in [0.5, 0.6) is 5.75 Å². The second-order valence-electron chi connectivity index (χ2n) is 8.32. The largest absolute Gasteiger partial charge is 0.496 e. The van der Waals surface area contributed by atoms with E-state index in [2.05, 4.69) is 10.8 Å². The molecule has 0 saturated heterocycles. The fourth-order valence-corrected chi connectivity index (χ4v) is 5.96. The molecule has 1 unspecified atom stereocenters. The lowest BCUT2D eigenvalue weighted by Crippen LogP contribution is -2.38. The van der Waals surface area contributed by atoms with Crippen molar-refractivity contribution < 1.29 is 22.7 Å². The van der Waals surface area contributed by atoms with Gasteiger partial charge in [0.25, 0.3) is 15.9 Å². The van der Waals surface area contributed by atoms with Crippen LogP contribution in [0.15, 0.2) is 59.5 Å². The van der Waals surface area contributed by atoms with Gasteiger partial charge in [0, 0.05) is 10.9 Å². The third kappa shape index (κ3) is 3.55. The maximum Gasteiger partial charge on any atom is 0.267 e. The first kappa shape index (κ1) is 21.0. The maximum atomic E-state index is 13.2. The van der Waals surface area contributed by atoms with Crippen LogP contribution in [-0.4, -0.2) is 28.0 Å². The molecule has 1 heterocycles. The molecule has 32 heavy (non-hydrogen) atoms. The molecule has 0 spiro atoms. The molecule has 1 aliphatic heterocycles. The van der Waals surface area contributed by atoms with E-state index < -0.39 is 22.0 Å². The molecule has 1 N–H and O–H groups in total. The smallest absolute Gasteiger partial charge is 0.267 e. The summed E-state index contributed by atoms with van der Waals surface area (Å²) < 4.78 is 40.0. The highest BCUT2D eigenvalue weighted by Crippen LogP contribution is 2.44. The lowest BCUT2D eigenvalue weighted by molar-refractivity contribution is -0.132. The Balaban J connectivity index is 1.51. The van der Waals surface area contributed by atoms with Crippen molar-refractivity contribution >= 4 is 26.7 Å². The molecule has 6 nitrogen and oxygen atoms in total. The van der Waals surface area contributed by atoms with E-state index in [0.717, 1.165) is 23.8 Å². The first-order chi connectivity index (χ1) is 15.5. The highest BCUT2D eigenvalue weighted by Gasteiger charge is 2.36. The van der Waals surface area contributed by atoms with Crippen molar-refractivity contribution in [1.29, 1.82) is 0 Å².